The zero-order valence-corrected chi connectivity index (χ0v) is 18.8. The van der Waals surface area contributed by atoms with Crippen molar-refractivity contribution in [2.75, 3.05) is 0 Å². The van der Waals surface area contributed by atoms with Gasteiger partial charge in [0.05, 0.1) is 0 Å². The molecule has 1 aliphatic rings. The van der Waals surface area contributed by atoms with Gasteiger partial charge in [0.25, 0.3) is 0 Å². The Morgan fingerprint density at radius 2 is 1.47 bits per heavy atom. The SMILES string of the molecule is C=CCCc1ccc(OCc2ccc3c(c2F)C(F)C(F)c2c-3ccc(CCC)c2F)c(F)c1. The molecule has 178 valence electrons. The minimum Gasteiger partial charge on any atom is -0.486 e. The lowest BCUT2D eigenvalue weighted by Crippen LogP contribution is -2.17. The molecule has 3 aromatic carbocycles. The molecule has 0 aliphatic heterocycles. The van der Waals surface area contributed by atoms with E-state index in [1.165, 1.54) is 36.4 Å². The number of rotatable bonds is 8. The minimum atomic E-state index is -2.37. The average molecular weight is 472 g/mol. The number of alkyl halides is 2. The highest BCUT2D eigenvalue weighted by Gasteiger charge is 2.39. The average Bonchev–Trinajstić information content (AvgIpc) is 2.82. The summed E-state index contributed by atoms with van der Waals surface area (Å²) >= 11 is 0. The van der Waals surface area contributed by atoms with E-state index >= 15 is 13.2 Å². The second-order valence-corrected chi connectivity index (χ2v) is 8.43. The number of aryl methyl sites for hydroxylation is 2. The molecule has 0 fully saturated rings. The van der Waals surface area contributed by atoms with Crippen LogP contribution in [0.1, 0.15) is 59.9 Å². The summed E-state index contributed by atoms with van der Waals surface area (Å²) in [6.45, 7) is 5.12. The predicted molar refractivity (Wildman–Crippen MR) is 123 cm³/mol. The summed E-state index contributed by atoms with van der Waals surface area (Å²) in [6, 6.07) is 10.3. The van der Waals surface area contributed by atoms with Gasteiger partial charge in [-0.15, -0.1) is 6.58 Å². The van der Waals surface area contributed by atoms with Gasteiger partial charge in [-0.2, -0.15) is 0 Å². The molecule has 1 nitrogen and oxygen atoms in total. The van der Waals surface area contributed by atoms with Gasteiger partial charge >= 0.3 is 0 Å². The molecule has 2 unspecified atom stereocenters. The van der Waals surface area contributed by atoms with E-state index in [1.54, 1.807) is 12.1 Å². The van der Waals surface area contributed by atoms with E-state index in [2.05, 4.69) is 6.58 Å². The first-order valence-electron chi connectivity index (χ1n) is 11.3. The van der Waals surface area contributed by atoms with Gasteiger partial charge in [-0.05, 0) is 53.6 Å². The zero-order valence-electron chi connectivity index (χ0n) is 18.8. The van der Waals surface area contributed by atoms with E-state index in [0.29, 0.717) is 31.2 Å². The van der Waals surface area contributed by atoms with Gasteiger partial charge in [-0.25, -0.2) is 22.0 Å². The van der Waals surface area contributed by atoms with Crippen molar-refractivity contribution in [3.05, 3.63) is 100 Å². The first-order chi connectivity index (χ1) is 16.4. The van der Waals surface area contributed by atoms with Crippen molar-refractivity contribution in [2.24, 2.45) is 0 Å². The van der Waals surface area contributed by atoms with Crippen molar-refractivity contribution >= 4 is 0 Å². The second kappa shape index (κ2) is 10.00. The van der Waals surface area contributed by atoms with Crippen molar-refractivity contribution in [1.29, 1.82) is 0 Å². The Morgan fingerprint density at radius 1 is 0.853 bits per heavy atom. The monoisotopic (exact) mass is 472 g/mol. The van der Waals surface area contributed by atoms with Crippen LogP contribution < -0.4 is 4.74 Å². The molecule has 2 atom stereocenters. The fourth-order valence-electron chi connectivity index (χ4n) is 4.39. The number of allylic oxidation sites excluding steroid dienone is 1. The Balaban J connectivity index is 1.64. The van der Waals surface area contributed by atoms with Gasteiger partial charge in [0, 0.05) is 16.7 Å². The molecule has 0 saturated carbocycles. The molecule has 6 heteroatoms. The van der Waals surface area contributed by atoms with Crippen LogP contribution in [-0.2, 0) is 19.4 Å². The fourth-order valence-corrected chi connectivity index (χ4v) is 4.39. The van der Waals surface area contributed by atoms with Crippen LogP contribution >= 0.6 is 0 Å². The molecule has 0 bridgehead atoms. The third kappa shape index (κ3) is 4.33. The molecule has 34 heavy (non-hydrogen) atoms. The number of hydrogen-bond donors (Lipinski definition) is 0. The van der Waals surface area contributed by atoms with Gasteiger partial charge < -0.3 is 4.74 Å². The maximum absolute atomic E-state index is 15.3. The zero-order chi connectivity index (χ0) is 24.4. The van der Waals surface area contributed by atoms with Gasteiger partial charge in [-0.1, -0.05) is 49.8 Å². The van der Waals surface area contributed by atoms with Crippen LogP contribution in [0.4, 0.5) is 22.0 Å². The van der Waals surface area contributed by atoms with E-state index in [1.807, 2.05) is 6.92 Å². The summed E-state index contributed by atoms with van der Waals surface area (Å²) in [6.07, 6.45) is -0.583. The first-order valence-corrected chi connectivity index (χ1v) is 11.3. The van der Waals surface area contributed by atoms with Crippen LogP contribution in [0.25, 0.3) is 11.1 Å². The molecule has 4 rings (SSSR count). The van der Waals surface area contributed by atoms with Crippen LogP contribution in [0.2, 0.25) is 0 Å². The third-order valence-corrected chi connectivity index (χ3v) is 6.15. The van der Waals surface area contributed by atoms with Crippen LogP contribution in [-0.4, -0.2) is 0 Å². The van der Waals surface area contributed by atoms with Gasteiger partial charge in [0.1, 0.15) is 18.2 Å². The highest BCUT2D eigenvalue weighted by molar-refractivity contribution is 5.76. The fraction of sp³-hybridized carbons (Fsp3) is 0.286. The molecular weight excluding hydrogens is 447 g/mol. The van der Waals surface area contributed by atoms with Crippen LogP contribution in [0.3, 0.4) is 0 Å². The highest BCUT2D eigenvalue weighted by Crippen LogP contribution is 2.51. The van der Waals surface area contributed by atoms with Gasteiger partial charge in [0.15, 0.2) is 23.9 Å². The van der Waals surface area contributed by atoms with Crippen LogP contribution in [0.5, 0.6) is 5.75 Å². The number of fused-ring (bicyclic) bond motifs is 3. The highest BCUT2D eigenvalue weighted by atomic mass is 19.2. The van der Waals surface area contributed by atoms with E-state index in [-0.39, 0.29) is 34.6 Å². The van der Waals surface area contributed by atoms with Crippen LogP contribution in [0.15, 0.2) is 55.1 Å². The summed E-state index contributed by atoms with van der Waals surface area (Å²) in [4.78, 5) is 0. The van der Waals surface area contributed by atoms with Crippen molar-refractivity contribution in [3.63, 3.8) is 0 Å². The molecule has 0 aromatic heterocycles. The largest absolute Gasteiger partial charge is 0.486 e. The number of hydrogen-bond acceptors (Lipinski definition) is 1. The second-order valence-electron chi connectivity index (χ2n) is 8.43. The Morgan fingerprint density at radius 3 is 2.06 bits per heavy atom. The minimum absolute atomic E-state index is 0.0461. The number of ether oxygens (including phenoxy) is 1. The Kier molecular flexibility index (Phi) is 7.05. The molecule has 0 heterocycles. The molecule has 0 N–H and O–H groups in total. The van der Waals surface area contributed by atoms with Crippen LogP contribution in [0, 0.1) is 17.5 Å². The quantitative estimate of drug-likeness (QED) is 0.236. The lowest BCUT2D eigenvalue weighted by Gasteiger charge is -2.28. The molecule has 0 radical (unpaired) electrons. The molecule has 0 spiro atoms. The number of benzene rings is 3. The normalized spacial score (nSPS) is 16.6. The topological polar surface area (TPSA) is 9.23 Å². The van der Waals surface area contributed by atoms with E-state index in [9.17, 15) is 8.78 Å². The standard InChI is InChI=1S/C28H25F5O/c1-3-5-7-16-8-13-22(21(29)14-16)34-15-18-10-12-20-19-11-9-17(6-4-2)25(30)23(19)27(32)28(33)24(20)26(18)31/h3,8-14,27-28H,1,4-7,15H2,2H3. The maximum atomic E-state index is 15.3. The van der Waals surface area contributed by atoms with Crippen molar-refractivity contribution in [3.8, 4) is 16.9 Å². The summed E-state index contributed by atoms with van der Waals surface area (Å²) in [5.41, 5.74) is 0.445. The van der Waals surface area contributed by atoms with E-state index in [0.717, 1.165) is 5.56 Å². The van der Waals surface area contributed by atoms with E-state index in [4.69, 9.17) is 4.74 Å². The third-order valence-electron chi connectivity index (χ3n) is 6.15. The van der Waals surface area contributed by atoms with Crippen molar-refractivity contribution < 1.29 is 26.7 Å². The van der Waals surface area contributed by atoms with Gasteiger partial charge in [0.2, 0.25) is 0 Å². The lowest BCUT2D eigenvalue weighted by molar-refractivity contribution is 0.159. The first kappa shape index (κ1) is 24.0. The maximum Gasteiger partial charge on any atom is 0.165 e. The van der Waals surface area contributed by atoms with Crippen molar-refractivity contribution in [2.45, 2.75) is 51.6 Å². The summed E-state index contributed by atoms with van der Waals surface area (Å²) in [5, 5.41) is 0. The predicted octanol–water partition coefficient (Wildman–Crippen LogP) is 8.46. The number of halogens is 5. The Bertz CT molecular complexity index is 1220. The Hall–Kier alpha value is -3.15. The molecular formula is C28H25F5O. The molecule has 3 aromatic rings. The summed E-state index contributed by atoms with van der Waals surface area (Å²) in [7, 11) is 0. The van der Waals surface area contributed by atoms with E-state index < -0.39 is 35.4 Å². The smallest absolute Gasteiger partial charge is 0.165 e. The molecule has 0 amide bonds. The molecule has 1 aliphatic carbocycles. The summed E-state index contributed by atoms with van der Waals surface area (Å²) in [5.74, 6) is -2.42. The summed E-state index contributed by atoms with van der Waals surface area (Å²) < 4.78 is 80.1. The van der Waals surface area contributed by atoms with Crippen molar-refractivity contribution in [1.82, 2.24) is 0 Å². The Labute approximate surface area is 195 Å². The lowest BCUT2D eigenvalue weighted by atomic mass is 9.81. The molecule has 0 saturated heterocycles. The van der Waals surface area contributed by atoms with Gasteiger partial charge in [-0.3, -0.25) is 0 Å².